The molecule has 2 atom stereocenters. The lowest BCUT2D eigenvalue weighted by Crippen LogP contribution is -2.56. The highest BCUT2D eigenvalue weighted by Gasteiger charge is 2.32. The second-order valence-electron chi connectivity index (χ2n) is 11.2. The third kappa shape index (κ3) is 10.5. The summed E-state index contributed by atoms with van der Waals surface area (Å²) >= 11 is 0. The zero-order valence-corrected chi connectivity index (χ0v) is 25.5. The number of benzene rings is 1. The Balaban J connectivity index is 1.83. The predicted octanol–water partition coefficient (Wildman–Crippen LogP) is 2.46. The number of nitrogens with one attached hydrogen (secondary N) is 2. The number of hydrogen-bond donors (Lipinski definition) is 3. The third-order valence-corrected chi connectivity index (χ3v) is 6.35. The lowest BCUT2D eigenvalue weighted by Gasteiger charge is -2.36. The average Bonchev–Trinajstić information content (AvgIpc) is 2.97. The van der Waals surface area contributed by atoms with Gasteiger partial charge in [0.15, 0.2) is 5.82 Å². The maximum Gasteiger partial charge on any atom is 0.409 e. The van der Waals surface area contributed by atoms with Crippen LogP contribution in [0.3, 0.4) is 0 Å². The number of nitrogens with zero attached hydrogens (tertiary/aromatic N) is 4. The molecule has 13 nitrogen and oxygen atoms in total. The van der Waals surface area contributed by atoms with Crippen LogP contribution in [0.1, 0.15) is 57.9 Å². The molecule has 0 aliphatic carbocycles. The molecule has 234 valence electrons. The molecule has 0 radical (unpaired) electrons. The molecule has 1 fully saturated rings. The molecule has 1 aliphatic rings. The molecule has 2 heterocycles. The van der Waals surface area contributed by atoms with Gasteiger partial charge < -0.3 is 35.0 Å². The first-order chi connectivity index (χ1) is 20.4. The zero-order valence-electron chi connectivity index (χ0n) is 25.5. The van der Waals surface area contributed by atoms with E-state index in [1.165, 1.54) is 11.0 Å². The first-order valence-corrected chi connectivity index (χ1v) is 14.5. The lowest BCUT2D eigenvalue weighted by molar-refractivity contribution is -0.155. The Morgan fingerprint density at radius 2 is 1.67 bits per heavy atom. The van der Waals surface area contributed by atoms with E-state index in [1.807, 2.05) is 18.2 Å². The van der Waals surface area contributed by atoms with Crippen LogP contribution in [0.4, 0.5) is 10.6 Å². The first kappa shape index (κ1) is 33.2. The Morgan fingerprint density at radius 3 is 2.28 bits per heavy atom. The highest BCUT2D eigenvalue weighted by Crippen LogP contribution is 2.19. The molecule has 3 rings (SSSR count). The van der Waals surface area contributed by atoms with Crippen molar-refractivity contribution < 1.29 is 33.8 Å². The molecule has 1 saturated heterocycles. The van der Waals surface area contributed by atoms with Crippen LogP contribution in [0, 0.1) is 0 Å². The number of aliphatic hydroxyl groups excluding tert-OH is 1. The number of carbonyl (C=O) groups excluding carboxylic acids is 4. The van der Waals surface area contributed by atoms with Gasteiger partial charge in [0.2, 0.25) is 5.91 Å². The van der Waals surface area contributed by atoms with Gasteiger partial charge in [-0.15, -0.1) is 0 Å². The van der Waals surface area contributed by atoms with Crippen LogP contribution in [-0.2, 0) is 19.1 Å². The Kier molecular flexibility index (Phi) is 11.8. The minimum Gasteiger partial charge on any atom is -0.460 e. The van der Waals surface area contributed by atoms with Crippen molar-refractivity contribution in [2.24, 2.45) is 0 Å². The van der Waals surface area contributed by atoms with Gasteiger partial charge in [-0.25, -0.2) is 14.8 Å². The van der Waals surface area contributed by atoms with Gasteiger partial charge in [0, 0.05) is 50.8 Å². The minimum atomic E-state index is -1.06. The Labute approximate surface area is 252 Å². The fourth-order valence-corrected chi connectivity index (χ4v) is 4.31. The molecule has 0 spiro atoms. The second kappa shape index (κ2) is 15.3. The van der Waals surface area contributed by atoms with Gasteiger partial charge in [0.25, 0.3) is 5.91 Å². The van der Waals surface area contributed by atoms with E-state index in [4.69, 9.17) is 9.47 Å². The van der Waals surface area contributed by atoms with Crippen molar-refractivity contribution in [3.8, 4) is 11.4 Å². The molecule has 2 aromatic rings. The van der Waals surface area contributed by atoms with Gasteiger partial charge in [0.05, 0.1) is 12.7 Å². The number of anilines is 1. The van der Waals surface area contributed by atoms with Gasteiger partial charge >= 0.3 is 12.1 Å². The summed E-state index contributed by atoms with van der Waals surface area (Å²) in [5.41, 5.74) is -0.0218. The van der Waals surface area contributed by atoms with E-state index < -0.39 is 35.7 Å². The number of carbonyl (C=O) groups is 4. The molecule has 3 amide bonds. The summed E-state index contributed by atoms with van der Waals surface area (Å²) in [7, 11) is 0. The van der Waals surface area contributed by atoms with Crippen molar-refractivity contribution in [2.45, 2.75) is 65.2 Å². The van der Waals surface area contributed by atoms with Crippen LogP contribution in [0.15, 0.2) is 36.4 Å². The summed E-state index contributed by atoms with van der Waals surface area (Å²) in [6, 6.07) is 9.48. The standard InChI is InChI=1S/C30H42N6O7/c1-6-42-29(41)36-16-14-35(15-17-36)28(40)22(12-13-25(38)43-30(3,4)5)33-27(39)23-18-24(31-19-20(2)37)34-26(32-23)21-10-8-7-9-11-21/h7-11,18,20,22,37H,6,12-17,19H2,1-5H3,(H,33,39)(H,31,32,34). The van der Waals surface area contributed by atoms with Crippen LogP contribution >= 0.6 is 0 Å². The Hall–Kier alpha value is -4.26. The molecule has 3 N–H and O–H groups in total. The number of amides is 3. The van der Waals surface area contributed by atoms with Crippen molar-refractivity contribution in [1.29, 1.82) is 0 Å². The van der Waals surface area contributed by atoms with E-state index in [0.717, 1.165) is 0 Å². The molecule has 0 saturated carbocycles. The maximum absolute atomic E-state index is 13.6. The number of aromatic nitrogens is 2. The van der Waals surface area contributed by atoms with Crippen molar-refractivity contribution in [2.75, 3.05) is 44.6 Å². The number of rotatable bonds is 11. The van der Waals surface area contributed by atoms with Crippen molar-refractivity contribution in [3.05, 3.63) is 42.1 Å². The van der Waals surface area contributed by atoms with Crippen LogP contribution < -0.4 is 10.6 Å². The van der Waals surface area contributed by atoms with Crippen LogP contribution in [0.5, 0.6) is 0 Å². The summed E-state index contributed by atoms with van der Waals surface area (Å²) in [5, 5.41) is 15.5. The molecule has 43 heavy (non-hydrogen) atoms. The topological polar surface area (TPSA) is 163 Å². The SMILES string of the molecule is CCOC(=O)N1CCN(C(=O)C(CCC(=O)OC(C)(C)C)NC(=O)c2cc(NCC(C)O)nc(-c3ccccc3)n2)CC1. The van der Waals surface area contributed by atoms with Gasteiger partial charge in [-0.1, -0.05) is 30.3 Å². The summed E-state index contributed by atoms with van der Waals surface area (Å²) in [6.07, 6.45) is -1.20. The third-order valence-electron chi connectivity index (χ3n) is 6.35. The molecule has 2 unspecified atom stereocenters. The van der Waals surface area contributed by atoms with Gasteiger partial charge in [-0.2, -0.15) is 0 Å². The fourth-order valence-electron chi connectivity index (χ4n) is 4.31. The van der Waals surface area contributed by atoms with Crippen molar-refractivity contribution in [1.82, 2.24) is 25.1 Å². The number of aliphatic hydroxyl groups is 1. The number of hydrogen-bond acceptors (Lipinski definition) is 10. The highest BCUT2D eigenvalue weighted by molar-refractivity contribution is 5.97. The molecule has 1 aliphatic heterocycles. The fraction of sp³-hybridized carbons (Fsp3) is 0.533. The van der Waals surface area contributed by atoms with E-state index in [1.54, 1.807) is 51.7 Å². The first-order valence-electron chi connectivity index (χ1n) is 14.5. The summed E-state index contributed by atoms with van der Waals surface area (Å²) in [6.45, 7) is 10.1. The van der Waals surface area contributed by atoms with E-state index in [2.05, 4.69) is 20.6 Å². The molecule has 0 bridgehead atoms. The lowest BCUT2D eigenvalue weighted by atomic mass is 10.1. The number of ether oxygens (including phenoxy) is 2. The van der Waals surface area contributed by atoms with E-state index >= 15 is 0 Å². The molecule has 13 heteroatoms. The smallest absolute Gasteiger partial charge is 0.409 e. The van der Waals surface area contributed by atoms with Gasteiger partial charge in [-0.05, 0) is 41.0 Å². The quantitative estimate of drug-likeness (QED) is 0.328. The van der Waals surface area contributed by atoms with Crippen LogP contribution in [0.25, 0.3) is 11.4 Å². The second-order valence-corrected chi connectivity index (χ2v) is 11.2. The largest absolute Gasteiger partial charge is 0.460 e. The van der Waals surface area contributed by atoms with E-state index in [0.29, 0.717) is 11.4 Å². The number of piperazine rings is 1. The zero-order chi connectivity index (χ0) is 31.6. The predicted molar refractivity (Wildman–Crippen MR) is 159 cm³/mol. The number of esters is 1. The Morgan fingerprint density at radius 1 is 1.02 bits per heavy atom. The molecular formula is C30H42N6O7. The summed E-state index contributed by atoms with van der Waals surface area (Å²) in [4.78, 5) is 63.8. The van der Waals surface area contributed by atoms with Crippen LogP contribution in [0.2, 0.25) is 0 Å². The summed E-state index contributed by atoms with van der Waals surface area (Å²) < 4.78 is 10.5. The molecule has 1 aromatic heterocycles. The van der Waals surface area contributed by atoms with Crippen molar-refractivity contribution >= 4 is 29.7 Å². The van der Waals surface area contributed by atoms with E-state index in [-0.39, 0.29) is 69.6 Å². The normalized spacial score (nSPS) is 14.8. The maximum atomic E-state index is 13.6. The molecule has 1 aromatic carbocycles. The Bertz CT molecular complexity index is 1260. The van der Waals surface area contributed by atoms with Crippen LogP contribution in [-0.4, -0.2) is 106 Å². The van der Waals surface area contributed by atoms with Gasteiger partial charge in [-0.3, -0.25) is 14.4 Å². The summed E-state index contributed by atoms with van der Waals surface area (Å²) in [5.74, 6) is -0.901. The van der Waals surface area contributed by atoms with E-state index in [9.17, 15) is 24.3 Å². The average molecular weight is 599 g/mol. The minimum absolute atomic E-state index is 0.00133. The van der Waals surface area contributed by atoms with Crippen molar-refractivity contribution in [3.63, 3.8) is 0 Å². The monoisotopic (exact) mass is 598 g/mol. The highest BCUT2D eigenvalue weighted by atomic mass is 16.6. The molecular weight excluding hydrogens is 556 g/mol. The van der Waals surface area contributed by atoms with Gasteiger partial charge in [0.1, 0.15) is 23.2 Å².